The van der Waals surface area contributed by atoms with Crippen LogP contribution in [0.5, 0.6) is 5.75 Å². The fourth-order valence-corrected chi connectivity index (χ4v) is 6.24. The third-order valence-electron chi connectivity index (χ3n) is 9.15. The van der Waals surface area contributed by atoms with E-state index in [1.807, 2.05) is 50.2 Å². The van der Waals surface area contributed by atoms with E-state index >= 15 is 0 Å². The zero-order valence-electron chi connectivity index (χ0n) is 29.5. The van der Waals surface area contributed by atoms with E-state index in [1.165, 1.54) is 34.2 Å². The van der Waals surface area contributed by atoms with E-state index in [1.54, 1.807) is 10.9 Å². The van der Waals surface area contributed by atoms with Gasteiger partial charge in [0.1, 0.15) is 55.6 Å². The third-order valence-corrected chi connectivity index (χ3v) is 9.15. The molecular formula is C35H40F2N8O8S. The molecule has 0 aliphatic carbocycles. The first-order valence-corrected chi connectivity index (χ1v) is 18.5. The number of halogens is 2. The Morgan fingerprint density at radius 1 is 0.926 bits per heavy atom. The van der Waals surface area contributed by atoms with Crippen molar-refractivity contribution in [1.29, 1.82) is 0 Å². The van der Waals surface area contributed by atoms with Crippen molar-refractivity contribution in [3.05, 3.63) is 113 Å². The van der Waals surface area contributed by atoms with Gasteiger partial charge in [-0.15, -0.1) is 0 Å². The number of hydrogen-bond donors (Lipinski definition) is 2. The summed E-state index contributed by atoms with van der Waals surface area (Å²) in [7, 11) is -4.67. The molecule has 0 radical (unpaired) electrons. The van der Waals surface area contributed by atoms with Crippen molar-refractivity contribution >= 4 is 21.8 Å². The highest BCUT2D eigenvalue weighted by molar-refractivity contribution is 7.79. The lowest BCUT2D eigenvalue weighted by molar-refractivity contribution is -0.192. The standard InChI is InChI=1S/C35H38F2N8O4.H2O4S/c1-3-25(2)45-34(46)44(24-40-45)29-7-5-27(6-8-29)41-14-16-42(17-15-41)28-9-11-30(12-10-28)47-19-31-20-48-35(49-31,21-43-23-38-22-39-43)32-13-4-26(36)18-33(32)37;1-5(2,3)4/h4-13,18,22-25,31H,3,14-17,19-21H2,1-2H3;(H2,1,2,3,4)/t25?,31-,35-;/m0./s1. The molecule has 3 atom stereocenters. The average molecular weight is 771 g/mol. The van der Waals surface area contributed by atoms with Crippen molar-refractivity contribution in [1.82, 2.24) is 29.1 Å². The predicted molar refractivity (Wildman–Crippen MR) is 192 cm³/mol. The minimum atomic E-state index is -4.67. The van der Waals surface area contributed by atoms with Crippen molar-refractivity contribution in [2.45, 2.75) is 44.7 Å². The van der Waals surface area contributed by atoms with Gasteiger partial charge in [0.05, 0.1) is 18.3 Å². The zero-order valence-corrected chi connectivity index (χ0v) is 30.3. The maximum absolute atomic E-state index is 14.9. The number of anilines is 2. The Balaban J connectivity index is 0.000000934. The molecule has 2 fully saturated rings. The summed E-state index contributed by atoms with van der Waals surface area (Å²) in [5.74, 6) is -2.30. The second-order valence-electron chi connectivity index (χ2n) is 12.7. The number of piperazine rings is 1. The molecule has 16 nitrogen and oxygen atoms in total. The Labute approximate surface area is 309 Å². The summed E-state index contributed by atoms with van der Waals surface area (Å²) < 4.78 is 83.0. The van der Waals surface area contributed by atoms with Gasteiger partial charge >= 0.3 is 16.1 Å². The van der Waals surface area contributed by atoms with Crippen LogP contribution in [0.1, 0.15) is 31.9 Å². The Morgan fingerprint density at radius 3 is 2.11 bits per heavy atom. The molecule has 1 unspecified atom stereocenters. The Bertz CT molecular complexity index is 2150. The van der Waals surface area contributed by atoms with Gasteiger partial charge in [0, 0.05) is 49.2 Å². The van der Waals surface area contributed by atoms with Crippen LogP contribution in [-0.4, -0.2) is 92.1 Å². The van der Waals surface area contributed by atoms with E-state index < -0.39 is 33.9 Å². The van der Waals surface area contributed by atoms with Crippen LogP contribution in [0, 0.1) is 11.6 Å². The first-order valence-electron chi connectivity index (χ1n) is 17.1. The topological polar surface area (TPSA) is 179 Å². The first kappa shape index (κ1) is 38.5. The largest absolute Gasteiger partial charge is 0.491 e. The van der Waals surface area contributed by atoms with Crippen molar-refractivity contribution in [3.8, 4) is 11.4 Å². The van der Waals surface area contributed by atoms with Crippen LogP contribution in [0.4, 0.5) is 20.2 Å². The Morgan fingerprint density at radius 2 is 1.54 bits per heavy atom. The van der Waals surface area contributed by atoms with Crippen molar-refractivity contribution < 1.29 is 40.5 Å². The minimum absolute atomic E-state index is 0.0334. The molecular weight excluding hydrogens is 730 g/mol. The SMILES string of the molecule is CCC(C)n1ncn(-c2ccc(N3CCN(c4ccc(OC[C@H]5CO[C@](Cn6cncn6)(c6ccc(F)cc6F)O5)cc4)CC3)cc2)c1=O.O=S(=O)(O)O. The number of aromatic nitrogens is 6. The quantitative estimate of drug-likeness (QED) is 0.185. The lowest BCUT2D eigenvalue weighted by Gasteiger charge is -2.37. The second-order valence-corrected chi connectivity index (χ2v) is 13.6. The molecule has 19 heteroatoms. The highest BCUT2D eigenvalue weighted by Crippen LogP contribution is 2.38. The summed E-state index contributed by atoms with van der Waals surface area (Å²) in [4.78, 5) is 21.4. The minimum Gasteiger partial charge on any atom is -0.491 e. The number of benzene rings is 3. The van der Waals surface area contributed by atoms with Crippen LogP contribution >= 0.6 is 0 Å². The third kappa shape index (κ3) is 9.29. The maximum Gasteiger partial charge on any atom is 0.394 e. The first-order chi connectivity index (χ1) is 25.8. The summed E-state index contributed by atoms with van der Waals surface area (Å²) in [6, 6.07) is 19.3. The van der Waals surface area contributed by atoms with Gasteiger partial charge in [-0.2, -0.15) is 18.6 Å². The maximum atomic E-state index is 14.9. The van der Waals surface area contributed by atoms with Gasteiger partial charge in [-0.1, -0.05) is 6.92 Å². The fourth-order valence-electron chi connectivity index (χ4n) is 6.24. The molecule has 4 heterocycles. The van der Waals surface area contributed by atoms with E-state index in [0.717, 1.165) is 55.7 Å². The summed E-state index contributed by atoms with van der Waals surface area (Å²) in [5, 5.41) is 8.39. The highest BCUT2D eigenvalue weighted by atomic mass is 32.3. The van der Waals surface area contributed by atoms with Gasteiger partial charge in [0.15, 0.2) is 0 Å². The molecule has 2 aliphatic heterocycles. The highest BCUT2D eigenvalue weighted by Gasteiger charge is 2.46. The number of rotatable bonds is 11. The monoisotopic (exact) mass is 770 g/mol. The predicted octanol–water partition coefficient (Wildman–Crippen LogP) is 3.90. The molecule has 3 aromatic carbocycles. The van der Waals surface area contributed by atoms with Gasteiger partial charge in [-0.3, -0.25) is 9.11 Å². The van der Waals surface area contributed by atoms with E-state index in [4.69, 9.17) is 31.7 Å². The molecule has 2 saturated heterocycles. The molecule has 5 aromatic rings. The molecule has 7 rings (SSSR count). The van der Waals surface area contributed by atoms with Gasteiger partial charge in [-0.25, -0.2) is 32.5 Å². The number of ether oxygens (including phenoxy) is 3. The number of hydrogen-bond acceptors (Lipinski definition) is 11. The van der Waals surface area contributed by atoms with Crippen LogP contribution < -0.4 is 20.2 Å². The average Bonchev–Trinajstić information content (AvgIpc) is 3.91. The van der Waals surface area contributed by atoms with Gasteiger partial charge in [0.2, 0.25) is 5.79 Å². The fraction of sp³-hybridized carbons (Fsp3) is 0.371. The van der Waals surface area contributed by atoms with Crippen molar-refractivity contribution in [2.75, 3.05) is 49.2 Å². The molecule has 54 heavy (non-hydrogen) atoms. The van der Waals surface area contributed by atoms with Crippen LogP contribution in [0.15, 0.2) is 90.5 Å². The summed E-state index contributed by atoms with van der Waals surface area (Å²) in [5.41, 5.74) is 2.95. The van der Waals surface area contributed by atoms with Gasteiger partial charge in [0.25, 0.3) is 0 Å². The Kier molecular flexibility index (Phi) is 11.7. The van der Waals surface area contributed by atoms with Gasteiger partial charge in [-0.05, 0) is 74.0 Å². The molecule has 2 aliphatic rings. The van der Waals surface area contributed by atoms with E-state index in [-0.39, 0.29) is 37.1 Å². The normalized spacial score (nSPS) is 19.3. The van der Waals surface area contributed by atoms with Crippen molar-refractivity contribution in [3.63, 3.8) is 0 Å². The summed E-state index contributed by atoms with van der Waals surface area (Å²) >= 11 is 0. The molecule has 2 N–H and O–H groups in total. The van der Waals surface area contributed by atoms with Crippen LogP contribution in [0.2, 0.25) is 0 Å². The second kappa shape index (κ2) is 16.4. The van der Waals surface area contributed by atoms with Crippen LogP contribution in [-0.2, 0) is 32.2 Å². The lowest BCUT2D eigenvalue weighted by atomic mass is 10.0. The number of nitrogens with zero attached hydrogens (tertiary/aromatic N) is 8. The van der Waals surface area contributed by atoms with E-state index in [0.29, 0.717) is 5.75 Å². The molecule has 288 valence electrons. The molecule has 0 amide bonds. The lowest BCUT2D eigenvalue weighted by Crippen LogP contribution is -2.46. The van der Waals surface area contributed by atoms with Crippen LogP contribution in [0.25, 0.3) is 5.69 Å². The molecule has 0 saturated carbocycles. The molecule has 0 bridgehead atoms. The molecule has 0 spiro atoms. The van der Waals surface area contributed by atoms with E-state index in [9.17, 15) is 13.6 Å². The van der Waals surface area contributed by atoms with Gasteiger partial charge < -0.3 is 24.0 Å². The summed E-state index contributed by atoms with van der Waals surface area (Å²) in [6.07, 6.45) is 4.77. The smallest absolute Gasteiger partial charge is 0.394 e. The zero-order chi connectivity index (χ0) is 38.5. The Hall–Kier alpha value is -5.21. The summed E-state index contributed by atoms with van der Waals surface area (Å²) in [6.45, 7) is 7.80. The molecule has 2 aromatic heterocycles. The van der Waals surface area contributed by atoms with E-state index in [2.05, 4.69) is 37.1 Å². The van der Waals surface area contributed by atoms with Crippen molar-refractivity contribution in [2.24, 2.45) is 0 Å². The van der Waals surface area contributed by atoms with Crippen LogP contribution in [0.3, 0.4) is 0 Å².